The molecule has 2 aromatic rings. The average Bonchev–Trinajstić information content (AvgIpc) is 2.63. The molecule has 3 nitrogen and oxygen atoms in total. The van der Waals surface area contributed by atoms with E-state index in [4.69, 9.17) is 0 Å². The lowest BCUT2D eigenvalue weighted by Crippen LogP contribution is -2.49. The Kier molecular flexibility index (Phi) is 7.71. The Hall–Kier alpha value is -2.29. The lowest BCUT2D eigenvalue weighted by molar-refractivity contribution is -0.471. The lowest BCUT2D eigenvalue weighted by Gasteiger charge is -2.29. The predicted octanol–water partition coefficient (Wildman–Crippen LogP) is 4.75. The topological polar surface area (TPSA) is 9.49 Å². The fourth-order valence-corrected chi connectivity index (χ4v) is 3.31. The second kappa shape index (κ2) is 10.0. The molecule has 0 aromatic heterocycles. The van der Waals surface area contributed by atoms with Crippen LogP contribution in [0.25, 0.3) is 0 Å². The van der Waals surface area contributed by atoms with Crippen LogP contribution in [0, 0.1) is 6.92 Å². The van der Waals surface area contributed by atoms with Gasteiger partial charge in [0, 0.05) is 0 Å². The minimum atomic E-state index is 0.862. The summed E-state index contributed by atoms with van der Waals surface area (Å²) >= 11 is 0. The van der Waals surface area contributed by atoms with Crippen molar-refractivity contribution < 1.29 is 4.58 Å². The molecule has 0 aliphatic rings. The van der Waals surface area contributed by atoms with Crippen LogP contribution in [-0.2, 0) is 6.54 Å². The van der Waals surface area contributed by atoms with E-state index in [1.807, 2.05) is 0 Å². The first-order chi connectivity index (χ1) is 12.6. The summed E-state index contributed by atoms with van der Waals surface area (Å²) in [6, 6.07) is 19.6. The number of aryl methyl sites for hydroxylation is 1. The highest BCUT2D eigenvalue weighted by atomic mass is 15.4. The van der Waals surface area contributed by atoms with Crippen LogP contribution in [0.5, 0.6) is 0 Å². The first kappa shape index (κ1) is 20.0. The molecule has 3 heteroatoms. The molecule has 0 fully saturated rings. The van der Waals surface area contributed by atoms with Gasteiger partial charge in [0.25, 0.3) is 0 Å². The Bertz CT molecular complexity index is 679. The van der Waals surface area contributed by atoms with E-state index in [0.717, 1.165) is 32.5 Å². The number of nitrogens with zero attached hydrogens (tertiary/aromatic N) is 3. The molecule has 0 saturated carbocycles. The van der Waals surface area contributed by atoms with Crippen LogP contribution >= 0.6 is 0 Å². The number of anilines is 1. The van der Waals surface area contributed by atoms with Gasteiger partial charge < -0.3 is 0 Å². The van der Waals surface area contributed by atoms with Crippen molar-refractivity contribution in [2.45, 2.75) is 40.2 Å². The molecule has 0 radical (unpaired) electrons. The number of benzene rings is 2. The molecule has 0 saturated heterocycles. The number of rotatable bonds is 7. The summed E-state index contributed by atoms with van der Waals surface area (Å²) in [6.07, 6.45) is 2.29. The van der Waals surface area contributed by atoms with Crippen LogP contribution in [0.4, 0.5) is 5.69 Å². The van der Waals surface area contributed by atoms with E-state index >= 15 is 0 Å². The largest absolute Gasteiger partial charge is 0.355 e. The number of guanidine groups is 1. The minimum absolute atomic E-state index is 0.862. The van der Waals surface area contributed by atoms with Gasteiger partial charge >= 0.3 is 5.96 Å². The van der Waals surface area contributed by atoms with Crippen molar-refractivity contribution in [1.29, 1.82) is 0 Å². The van der Waals surface area contributed by atoms with Crippen LogP contribution in [0.15, 0.2) is 54.6 Å². The highest BCUT2D eigenvalue weighted by Crippen LogP contribution is 2.20. The van der Waals surface area contributed by atoms with E-state index in [9.17, 15) is 0 Å². The Morgan fingerprint density at radius 2 is 1.42 bits per heavy atom. The summed E-state index contributed by atoms with van der Waals surface area (Å²) in [5.74, 6) is 1.27. The van der Waals surface area contributed by atoms with Crippen molar-refractivity contribution in [1.82, 2.24) is 4.90 Å². The Morgan fingerprint density at radius 1 is 0.846 bits per heavy atom. The van der Waals surface area contributed by atoms with Gasteiger partial charge in [-0.1, -0.05) is 61.9 Å². The molecule has 0 unspecified atom stereocenters. The summed E-state index contributed by atoms with van der Waals surface area (Å²) < 4.78 is 2.26. The SMILES string of the molecule is CCCN(CCC)C(N(Cc1ccccc1)c1ccc(C)cc1)=[N+](C)C. The van der Waals surface area contributed by atoms with Gasteiger partial charge in [0.05, 0.1) is 33.7 Å². The maximum Gasteiger partial charge on any atom is 0.355 e. The zero-order valence-corrected chi connectivity index (χ0v) is 17.1. The lowest BCUT2D eigenvalue weighted by atomic mass is 10.1. The third-order valence-corrected chi connectivity index (χ3v) is 4.44. The molecule has 26 heavy (non-hydrogen) atoms. The minimum Gasteiger partial charge on any atom is -0.270 e. The van der Waals surface area contributed by atoms with Crippen LogP contribution in [0.1, 0.15) is 37.8 Å². The molecule has 0 aliphatic carbocycles. The molecule has 2 aromatic carbocycles. The average molecular weight is 353 g/mol. The maximum absolute atomic E-state index is 2.52. The normalized spacial score (nSPS) is 10.5. The van der Waals surface area contributed by atoms with E-state index < -0.39 is 0 Å². The van der Waals surface area contributed by atoms with Crippen LogP contribution in [-0.4, -0.2) is 42.6 Å². The molecule has 0 spiro atoms. The van der Waals surface area contributed by atoms with Gasteiger partial charge in [-0.25, -0.2) is 4.90 Å². The van der Waals surface area contributed by atoms with Gasteiger partial charge in [0.1, 0.15) is 5.69 Å². The molecule has 0 aliphatic heterocycles. The van der Waals surface area contributed by atoms with Crippen LogP contribution in [0.2, 0.25) is 0 Å². The fraction of sp³-hybridized carbons (Fsp3) is 0.435. The quantitative estimate of drug-likeness (QED) is 0.404. The van der Waals surface area contributed by atoms with Gasteiger partial charge in [-0.15, -0.1) is 0 Å². The van der Waals surface area contributed by atoms with Crippen molar-refractivity contribution in [2.75, 3.05) is 32.1 Å². The Morgan fingerprint density at radius 3 is 1.92 bits per heavy atom. The van der Waals surface area contributed by atoms with Crippen LogP contribution < -0.4 is 4.90 Å². The summed E-state index contributed by atoms with van der Waals surface area (Å²) in [5.41, 5.74) is 3.85. The van der Waals surface area contributed by atoms with Crippen molar-refractivity contribution >= 4 is 11.6 Å². The van der Waals surface area contributed by atoms with Gasteiger partial charge in [-0.3, -0.25) is 9.48 Å². The molecule has 0 N–H and O–H groups in total. The Labute approximate surface area is 159 Å². The highest BCUT2D eigenvalue weighted by molar-refractivity contribution is 5.92. The van der Waals surface area contributed by atoms with Gasteiger partial charge in [0.2, 0.25) is 0 Å². The highest BCUT2D eigenvalue weighted by Gasteiger charge is 2.28. The zero-order chi connectivity index (χ0) is 18.9. The zero-order valence-electron chi connectivity index (χ0n) is 17.1. The molecule has 0 heterocycles. The molecule has 0 bridgehead atoms. The van der Waals surface area contributed by atoms with Crippen LogP contribution in [0.3, 0.4) is 0 Å². The van der Waals surface area contributed by atoms with Gasteiger partial charge in [-0.05, 0) is 37.5 Å². The van der Waals surface area contributed by atoms with Gasteiger partial charge in [-0.2, -0.15) is 0 Å². The fourth-order valence-electron chi connectivity index (χ4n) is 3.31. The molecular formula is C23H34N3+. The second-order valence-corrected chi connectivity index (χ2v) is 7.09. The maximum atomic E-state index is 2.52. The van der Waals surface area contributed by atoms with E-state index in [2.05, 4.69) is 104 Å². The Balaban J connectivity index is 2.48. The summed E-state index contributed by atoms with van der Waals surface area (Å²) in [5, 5.41) is 0. The van der Waals surface area contributed by atoms with Crippen molar-refractivity contribution in [2.24, 2.45) is 0 Å². The van der Waals surface area contributed by atoms with Crippen molar-refractivity contribution in [3.63, 3.8) is 0 Å². The summed E-state index contributed by atoms with van der Waals surface area (Å²) in [4.78, 5) is 4.96. The summed E-state index contributed by atoms with van der Waals surface area (Å²) in [7, 11) is 4.31. The first-order valence-electron chi connectivity index (χ1n) is 9.74. The van der Waals surface area contributed by atoms with E-state index in [0.29, 0.717) is 0 Å². The predicted molar refractivity (Wildman–Crippen MR) is 113 cm³/mol. The number of hydrogen-bond acceptors (Lipinski definition) is 0. The van der Waals surface area contributed by atoms with Gasteiger partial charge in [0.15, 0.2) is 0 Å². The smallest absolute Gasteiger partial charge is 0.270 e. The third-order valence-electron chi connectivity index (χ3n) is 4.44. The molecule has 0 atom stereocenters. The molecular weight excluding hydrogens is 318 g/mol. The van der Waals surface area contributed by atoms with E-state index in [1.165, 1.54) is 22.8 Å². The molecule has 140 valence electrons. The van der Waals surface area contributed by atoms with Crippen molar-refractivity contribution in [3.05, 3.63) is 65.7 Å². The van der Waals surface area contributed by atoms with E-state index in [1.54, 1.807) is 0 Å². The number of hydrogen-bond donors (Lipinski definition) is 0. The third kappa shape index (κ3) is 5.35. The molecule has 0 amide bonds. The first-order valence-corrected chi connectivity index (χ1v) is 9.74. The van der Waals surface area contributed by atoms with Crippen molar-refractivity contribution in [3.8, 4) is 0 Å². The molecule has 2 rings (SSSR count). The standard InChI is InChI=1S/C23H34N3/c1-6-17-25(18-7-2)23(24(4)5)26(19-21-11-9-8-10-12-21)22-15-13-20(3)14-16-22/h8-16H,6-7,17-19H2,1-5H3/q+1. The monoisotopic (exact) mass is 352 g/mol. The summed E-state index contributed by atoms with van der Waals surface area (Å²) in [6.45, 7) is 9.65. The van der Waals surface area contributed by atoms with E-state index in [-0.39, 0.29) is 0 Å². The second-order valence-electron chi connectivity index (χ2n) is 7.09.